The fourth-order valence-corrected chi connectivity index (χ4v) is 2.06. The molecule has 0 fully saturated rings. The van der Waals surface area contributed by atoms with Crippen molar-refractivity contribution in [1.29, 1.82) is 0 Å². The zero-order valence-electron chi connectivity index (χ0n) is 8.16. The van der Waals surface area contributed by atoms with Crippen LogP contribution in [0.25, 0.3) is 0 Å². The molecular weight excluding hydrogens is 158 g/mol. The molecule has 1 aromatic rings. The van der Waals surface area contributed by atoms with Gasteiger partial charge in [-0.2, -0.15) is 0 Å². The molecule has 0 aromatic heterocycles. The first-order valence-electron chi connectivity index (χ1n) is 5.19. The molecule has 2 N–H and O–H groups in total. The molecule has 13 heavy (non-hydrogen) atoms. The Bertz CT molecular complexity index is 270. The third-order valence-electron chi connectivity index (χ3n) is 2.90. The van der Waals surface area contributed by atoms with Gasteiger partial charge >= 0.3 is 0 Å². The number of hydrogen-bond donors (Lipinski definition) is 1. The van der Waals surface area contributed by atoms with E-state index < -0.39 is 0 Å². The lowest BCUT2D eigenvalue weighted by atomic mass is 10.0. The second-order valence-electron chi connectivity index (χ2n) is 3.91. The zero-order valence-corrected chi connectivity index (χ0v) is 8.16. The van der Waals surface area contributed by atoms with E-state index in [9.17, 15) is 0 Å². The maximum absolute atomic E-state index is 6.12. The van der Waals surface area contributed by atoms with E-state index in [4.69, 9.17) is 5.73 Å². The highest BCUT2D eigenvalue weighted by molar-refractivity contribution is 5.53. The van der Waals surface area contributed by atoms with Crippen molar-refractivity contribution >= 4 is 0 Å². The van der Waals surface area contributed by atoms with E-state index in [2.05, 4.69) is 31.2 Å². The molecule has 0 aliphatic heterocycles. The standard InChI is InChI=1S/C12H17N/c1-2-3-8-11(13)12-9-6-4-5-7-10(9)12/h4-7,11-12H,2-3,8,13H2,1H3. The van der Waals surface area contributed by atoms with Crippen LogP contribution >= 0.6 is 0 Å². The minimum Gasteiger partial charge on any atom is -0.327 e. The lowest BCUT2D eigenvalue weighted by Gasteiger charge is -2.08. The molecule has 0 saturated carbocycles. The predicted molar refractivity (Wildman–Crippen MR) is 55.8 cm³/mol. The molecule has 0 spiro atoms. The van der Waals surface area contributed by atoms with Gasteiger partial charge in [-0.3, -0.25) is 0 Å². The Morgan fingerprint density at radius 1 is 1.31 bits per heavy atom. The van der Waals surface area contributed by atoms with Crippen molar-refractivity contribution in [2.45, 2.75) is 38.1 Å². The van der Waals surface area contributed by atoms with E-state index in [1.54, 1.807) is 0 Å². The van der Waals surface area contributed by atoms with Crippen molar-refractivity contribution in [3.63, 3.8) is 0 Å². The Morgan fingerprint density at radius 2 is 1.92 bits per heavy atom. The van der Waals surface area contributed by atoms with Gasteiger partial charge in [0.15, 0.2) is 0 Å². The number of benzene rings is 1. The second kappa shape index (κ2) is 3.51. The lowest BCUT2D eigenvalue weighted by molar-refractivity contribution is 0.566. The first kappa shape index (κ1) is 8.76. The summed E-state index contributed by atoms with van der Waals surface area (Å²) in [4.78, 5) is 0. The molecule has 1 aliphatic rings. The number of nitrogens with two attached hydrogens (primary N) is 1. The highest BCUT2D eigenvalue weighted by Crippen LogP contribution is 2.45. The largest absolute Gasteiger partial charge is 0.327 e. The van der Waals surface area contributed by atoms with Gasteiger partial charge in [0.25, 0.3) is 0 Å². The lowest BCUT2D eigenvalue weighted by Crippen LogP contribution is -2.21. The van der Waals surface area contributed by atoms with Gasteiger partial charge in [0.05, 0.1) is 0 Å². The van der Waals surface area contributed by atoms with E-state index in [1.807, 2.05) is 0 Å². The van der Waals surface area contributed by atoms with Crippen molar-refractivity contribution in [2.75, 3.05) is 0 Å². The van der Waals surface area contributed by atoms with Crippen molar-refractivity contribution < 1.29 is 0 Å². The molecule has 0 amide bonds. The molecule has 1 atom stereocenters. The van der Waals surface area contributed by atoms with Gasteiger partial charge in [0.2, 0.25) is 0 Å². The van der Waals surface area contributed by atoms with Crippen molar-refractivity contribution in [2.24, 2.45) is 5.73 Å². The first-order valence-corrected chi connectivity index (χ1v) is 5.19. The van der Waals surface area contributed by atoms with Gasteiger partial charge < -0.3 is 5.73 Å². The van der Waals surface area contributed by atoms with E-state index >= 15 is 0 Å². The van der Waals surface area contributed by atoms with Crippen LogP contribution < -0.4 is 5.73 Å². The Kier molecular flexibility index (Phi) is 2.36. The molecule has 1 unspecified atom stereocenters. The number of rotatable bonds is 4. The van der Waals surface area contributed by atoms with Crippen LogP contribution in [0.3, 0.4) is 0 Å². The maximum atomic E-state index is 6.12. The van der Waals surface area contributed by atoms with Crippen LogP contribution in [0.4, 0.5) is 0 Å². The first-order chi connectivity index (χ1) is 6.34. The Labute approximate surface area is 80.0 Å². The van der Waals surface area contributed by atoms with Crippen LogP contribution in [-0.4, -0.2) is 6.04 Å². The molecule has 1 heteroatoms. The molecule has 70 valence electrons. The Balaban J connectivity index is 1.93. The molecule has 0 saturated heterocycles. The van der Waals surface area contributed by atoms with Gasteiger partial charge in [-0.25, -0.2) is 0 Å². The van der Waals surface area contributed by atoms with Gasteiger partial charge in [0.1, 0.15) is 0 Å². The van der Waals surface area contributed by atoms with Crippen LogP contribution in [-0.2, 0) is 0 Å². The third-order valence-corrected chi connectivity index (χ3v) is 2.90. The van der Waals surface area contributed by atoms with Crippen molar-refractivity contribution in [3.8, 4) is 0 Å². The Morgan fingerprint density at radius 3 is 2.46 bits per heavy atom. The molecule has 1 nitrogen and oxygen atoms in total. The van der Waals surface area contributed by atoms with Gasteiger partial charge in [-0.15, -0.1) is 0 Å². The van der Waals surface area contributed by atoms with E-state index in [0.29, 0.717) is 12.0 Å². The van der Waals surface area contributed by atoms with Crippen LogP contribution in [0, 0.1) is 0 Å². The summed E-state index contributed by atoms with van der Waals surface area (Å²) >= 11 is 0. The fourth-order valence-electron chi connectivity index (χ4n) is 2.06. The molecule has 0 heterocycles. The Hall–Kier alpha value is -0.820. The number of fused-ring (bicyclic) bond motifs is 1. The molecular formula is C12H17N. The minimum atomic E-state index is 0.359. The van der Waals surface area contributed by atoms with Gasteiger partial charge in [0, 0.05) is 12.0 Å². The summed E-state index contributed by atoms with van der Waals surface area (Å²) in [5, 5.41) is 0. The molecule has 0 bridgehead atoms. The number of unbranched alkanes of at least 4 members (excludes halogenated alkanes) is 1. The monoisotopic (exact) mass is 175 g/mol. The SMILES string of the molecule is CCCCC(N)C1c2ccccc21. The summed E-state index contributed by atoms with van der Waals surface area (Å²) in [6.45, 7) is 2.22. The van der Waals surface area contributed by atoms with Crippen LogP contribution in [0.2, 0.25) is 0 Å². The van der Waals surface area contributed by atoms with E-state index in [-0.39, 0.29) is 0 Å². The quantitative estimate of drug-likeness (QED) is 0.748. The van der Waals surface area contributed by atoms with E-state index in [0.717, 1.165) is 6.42 Å². The maximum Gasteiger partial charge on any atom is 0.0247 e. The molecule has 2 rings (SSSR count). The zero-order chi connectivity index (χ0) is 9.26. The summed E-state index contributed by atoms with van der Waals surface area (Å²) in [6, 6.07) is 8.96. The third kappa shape index (κ3) is 1.61. The summed E-state index contributed by atoms with van der Waals surface area (Å²) in [5.41, 5.74) is 9.07. The topological polar surface area (TPSA) is 26.0 Å². The van der Waals surface area contributed by atoms with Crippen LogP contribution in [0.1, 0.15) is 43.2 Å². The normalized spacial score (nSPS) is 16.8. The molecule has 1 aromatic carbocycles. The van der Waals surface area contributed by atoms with Crippen LogP contribution in [0.15, 0.2) is 24.3 Å². The van der Waals surface area contributed by atoms with Crippen LogP contribution in [0.5, 0.6) is 0 Å². The predicted octanol–water partition coefficient (Wildman–Crippen LogP) is 2.65. The minimum absolute atomic E-state index is 0.359. The van der Waals surface area contributed by atoms with E-state index in [1.165, 1.54) is 24.0 Å². The highest BCUT2D eigenvalue weighted by atomic mass is 14.7. The summed E-state index contributed by atoms with van der Waals surface area (Å²) in [6.07, 6.45) is 3.66. The second-order valence-corrected chi connectivity index (χ2v) is 3.91. The smallest absolute Gasteiger partial charge is 0.0247 e. The average molecular weight is 175 g/mol. The summed E-state index contributed by atoms with van der Waals surface area (Å²) in [5.74, 6) is 0.585. The highest BCUT2D eigenvalue weighted by Gasteiger charge is 2.35. The van der Waals surface area contributed by atoms with Gasteiger partial charge in [-0.05, 0) is 17.5 Å². The summed E-state index contributed by atoms with van der Waals surface area (Å²) < 4.78 is 0. The molecule has 0 radical (unpaired) electrons. The fraction of sp³-hybridized carbons (Fsp3) is 0.500. The van der Waals surface area contributed by atoms with Crippen molar-refractivity contribution in [3.05, 3.63) is 35.4 Å². The average Bonchev–Trinajstić information content (AvgIpc) is 2.88. The van der Waals surface area contributed by atoms with Gasteiger partial charge in [-0.1, -0.05) is 44.0 Å². The molecule has 1 aliphatic carbocycles. The number of hydrogen-bond acceptors (Lipinski definition) is 1. The van der Waals surface area contributed by atoms with Crippen molar-refractivity contribution in [1.82, 2.24) is 0 Å². The summed E-state index contributed by atoms with van der Waals surface area (Å²) in [7, 11) is 0.